The Kier molecular flexibility index (Phi) is 23.7. The first-order valence-corrected chi connectivity index (χ1v) is 13.9. The molecule has 1 amide bonds. The van der Waals surface area contributed by atoms with E-state index in [1.54, 1.807) is 0 Å². The Morgan fingerprint density at radius 3 is 1.63 bits per heavy atom. The maximum Gasteiger partial charge on any atom is 0.411 e. The fraction of sp³-hybridized carbons (Fsp3) is 0.700. The summed E-state index contributed by atoms with van der Waals surface area (Å²) in [6.45, 7) is 6.48. The van der Waals surface area contributed by atoms with Crippen LogP contribution in [0.2, 0.25) is 0 Å². The van der Waals surface area contributed by atoms with Crippen molar-refractivity contribution < 1.29 is 65.4 Å². The average Bonchev–Trinajstić information content (AvgIpc) is 2.75. The van der Waals surface area contributed by atoms with E-state index in [4.69, 9.17) is 9.90 Å². The van der Waals surface area contributed by atoms with Crippen molar-refractivity contribution >= 4 is 27.8 Å². The molecule has 16 nitrogen and oxygen atoms in total. The van der Waals surface area contributed by atoms with Crippen LogP contribution in [0.15, 0.2) is 30.6 Å². The quantitative estimate of drug-likeness (QED) is 0.0735. The molecule has 0 aliphatic carbocycles. The summed E-state index contributed by atoms with van der Waals surface area (Å²) in [6.07, 6.45) is 2.82. The summed E-state index contributed by atoms with van der Waals surface area (Å²) in [5.74, 6) is 0. The number of hydrogen-bond acceptors (Lipinski definition) is 13. The topological polar surface area (TPSA) is 205 Å². The summed E-state index contributed by atoms with van der Waals surface area (Å²) in [6, 6.07) is 0. The molecule has 0 saturated heterocycles. The van der Waals surface area contributed by atoms with E-state index in [0.29, 0.717) is 22.1 Å². The van der Waals surface area contributed by atoms with E-state index in [2.05, 4.69) is 46.3 Å². The number of likely N-dealkylation sites (N-methyl/N-ethyl adjacent to an activating group) is 2. The Hall–Kier alpha value is -1.77. The largest absolute Gasteiger partial charge is 0.756 e. The van der Waals surface area contributed by atoms with Crippen molar-refractivity contribution in [2.45, 2.75) is 0 Å². The van der Waals surface area contributed by atoms with Gasteiger partial charge in [-0.15, -0.1) is 0 Å². The first-order valence-electron chi connectivity index (χ1n) is 11.0. The molecule has 0 fully saturated rings. The lowest BCUT2D eigenvalue weighted by Crippen LogP contribution is -2.37. The number of carbonyl (C=O) groups is 1. The second-order valence-electron chi connectivity index (χ2n) is 8.87. The minimum atomic E-state index is -4.35. The van der Waals surface area contributed by atoms with Crippen LogP contribution in [0, 0.1) is 0 Å². The van der Waals surface area contributed by atoms with Crippen molar-refractivity contribution in [1.82, 2.24) is 5.32 Å². The number of rotatable bonds is 17. The molecule has 0 radical (unpaired) electrons. The van der Waals surface area contributed by atoms with Gasteiger partial charge in [0.25, 0.3) is 15.6 Å². The normalized spacial score (nSPS) is 14.0. The number of carbonyl (C=O) groups excluding carboxylic acids is 2. The lowest BCUT2D eigenvalue weighted by Gasteiger charge is -2.27. The molecule has 0 saturated carbocycles. The molecule has 0 spiro atoms. The molecule has 0 aromatic carbocycles. The molecule has 0 bridgehead atoms. The molecule has 2 unspecified atom stereocenters. The van der Waals surface area contributed by atoms with Crippen LogP contribution < -0.4 is 15.1 Å². The third kappa shape index (κ3) is 36.4. The Labute approximate surface area is 224 Å². The van der Waals surface area contributed by atoms with Crippen LogP contribution in [0.5, 0.6) is 0 Å². The highest BCUT2D eigenvalue weighted by molar-refractivity contribution is 7.46. The number of nitrogens with zero attached hydrogens (tertiary/aromatic N) is 3. The van der Waals surface area contributed by atoms with Crippen LogP contribution in [-0.2, 0) is 36.8 Å². The second-order valence-corrected chi connectivity index (χ2v) is 11.7. The molecule has 2 atom stereocenters. The van der Waals surface area contributed by atoms with Gasteiger partial charge in [0.1, 0.15) is 32.9 Å². The van der Waals surface area contributed by atoms with Crippen LogP contribution in [0.3, 0.4) is 0 Å². The summed E-state index contributed by atoms with van der Waals surface area (Å²) in [7, 11) is 2.94. The number of phosphoric acid groups is 2. The summed E-state index contributed by atoms with van der Waals surface area (Å²) in [5.41, 5.74) is 0. The number of aliphatic hydroxyl groups excluding tert-OH is 1. The summed E-state index contributed by atoms with van der Waals surface area (Å²) < 4.78 is 46.0. The fourth-order valence-corrected chi connectivity index (χ4v) is 2.89. The van der Waals surface area contributed by atoms with E-state index in [1.165, 1.54) is 6.08 Å². The lowest BCUT2D eigenvalue weighted by atomic mass is 10.5. The van der Waals surface area contributed by atoms with Crippen molar-refractivity contribution in [2.75, 3.05) is 95.0 Å². The molecule has 18 heteroatoms. The number of hydrogen-bond donors (Lipinski definition) is 2. The monoisotopic (exact) mass is 592 g/mol. The minimum absolute atomic E-state index is 0.0298. The maximum absolute atomic E-state index is 11.3. The van der Waals surface area contributed by atoms with Crippen LogP contribution in [0.25, 0.3) is 0 Å². The van der Waals surface area contributed by atoms with Crippen LogP contribution >= 0.6 is 15.6 Å². The van der Waals surface area contributed by atoms with Gasteiger partial charge in [-0.2, -0.15) is 4.99 Å². The van der Waals surface area contributed by atoms with E-state index in [0.717, 1.165) is 12.4 Å². The number of alkyl carbamates (subject to hydrolysis) is 1. The van der Waals surface area contributed by atoms with E-state index in [1.807, 2.05) is 42.3 Å². The van der Waals surface area contributed by atoms with Crippen molar-refractivity contribution in [3.05, 3.63) is 25.6 Å². The van der Waals surface area contributed by atoms with E-state index in [9.17, 15) is 23.7 Å². The van der Waals surface area contributed by atoms with Gasteiger partial charge >= 0.3 is 6.09 Å². The van der Waals surface area contributed by atoms with Crippen LogP contribution in [-0.4, -0.2) is 121 Å². The number of ether oxygens (including phenoxy) is 1. The zero-order valence-electron chi connectivity index (χ0n) is 22.9. The molecule has 0 aromatic rings. The van der Waals surface area contributed by atoms with Crippen molar-refractivity contribution in [1.29, 1.82) is 0 Å². The summed E-state index contributed by atoms with van der Waals surface area (Å²) in [4.78, 5) is 45.0. The van der Waals surface area contributed by atoms with E-state index in [-0.39, 0.29) is 39.6 Å². The molecule has 224 valence electrons. The summed E-state index contributed by atoms with van der Waals surface area (Å²) in [5, 5.41) is 10.5. The number of nitrogens with one attached hydrogen (secondary N) is 1. The average molecular weight is 593 g/mol. The van der Waals surface area contributed by atoms with Gasteiger partial charge in [-0.05, 0) is 6.20 Å². The number of aliphatic hydroxyl groups is 1. The Bertz CT molecular complexity index is 809. The van der Waals surface area contributed by atoms with Gasteiger partial charge in [-0.25, -0.2) is 9.59 Å². The number of isocyanates is 1. The zero-order valence-corrected chi connectivity index (χ0v) is 24.7. The first kappa shape index (κ1) is 40.7. The fourth-order valence-electron chi connectivity index (χ4n) is 1.53. The molecular formula is C20H42N4O12P2. The summed E-state index contributed by atoms with van der Waals surface area (Å²) >= 11 is 0. The van der Waals surface area contributed by atoms with Crippen LogP contribution in [0.1, 0.15) is 0 Å². The van der Waals surface area contributed by atoms with Crippen molar-refractivity contribution in [3.8, 4) is 0 Å². The Morgan fingerprint density at radius 1 is 0.895 bits per heavy atom. The van der Waals surface area contributed by atoms with Gasteiger partial charge in [0.15, 0.2) is 0 Å². The van der Waals surface area contributed by atoms with Gasteiger partial charge in [-0.3, -0.25) is 14.4 Å². The molecule has 38 heavy (non-hydrogen) atoms. The zero-order chi connectivity index (χ0) is 30.3. The molecule has 2 N–H and O–H groups in total. The highest BCUT2D eigenvalue weighted by Crippen LogP contribution is 2.38. The molecule has 0 rings (SSSR count). The van der Waals surface area contributed by atoms with Gasteiger partial charge in [-0.1, -0.05) is 13.2 Å². The first-order chi connectivity index (χ1) is 17.3. The minimum Gasteiger partial charge on any atom is -0.756 e. The van der Waals surface area contributed by atoms with E-state index < -0.39 is 21.7 Å². The van der Waals surface area contributed by atoms with Crippen molar-refractivity contribution in [3.63, 3.8) is 0 Å². The third-order valence-corrected chi connectivity index (χ3v) is 5.29. The predicted molar refractivity (Wildman–Crippen MR) is 135 cm³/mol. The van der Waals surface area contributed by atoms with Gasteiger partial charge in [0, 0.05) is 6.20 Å². The predicted octanol–water partition coefficient (Wildman–Crippen LogP) is -0.284. The second kappa shape index (κ2) is 22.1. The lowest BCUT2D eigenvalue weighted by molar-refractivity contribution is -0.870. The highest BCUT2D eigenvalue weighted by Gasteiger charge is 2.14. The Balaban J connectivity index is -0.000000564. The van der Waals surface area contributed by atoms with Gasteiger partial charge < -0.3 is 46.7 Å². The standard InChI is InChI=1S/C10H21N2O6P.C7H18NO5P.C3H3NO/c1-5-11-10(13)16-8-9-18-19(14,15)17-7-6-12(2,3)4;1-8(2,3)4-6-12-14(10,11)13-7-5-9;1-2-4-3-5/h5H,1,6-9H2,2-4H3,(H-,11,13,14,15);9H,4-7H2,1-3H3;2H,1H2. The smallest absolute Gasteiger partial charge is 0.411 e. The number of amides is 1. The number of phosphoric ester groups is 2. The molecular weight excluding hydrogens is 550 g/mol. The third-order valence-electron chi connectivity index (χ3n) is 3.29. The number of aliphatic imine (C=N–C) groups is 1. The SMILES string of the molecule is C=CN=C=O.C=CNC(=O)OCCOP(=O)([O-])OCC[N+](C)(C)C.C[N+](C)(C)CCOP(=O)([O-])OCCO. The molecule has 0 aromatic heterocycles. The van der Waals surface area contributed by atoms with Gasteiger partial charge in [0.2, 0.25) is 6.08 Å². The molecule has 0 aliphatic rings. The molecule has 0 heterocycles. The van der Waals surface area contributed by atoms with Crippen LogP contribution in [0.4, 0.5) is 4.79 Å². The molecule has 0 aliphatic heterocycles. The van der Waals surface area contributed by atoms with Crippen molar-refractivity contribution in [2.24, 2.45) is 4.99 Å². The Morgan fingerprint density at radius 2 is 1.32 bits per heavy atom. The maximum atomic E-state index is 11.3. The van der Waals surface area contributed by atoms with Gasteiger partial charge in [0.05, 0.1) is 62.1 Å². The highest BCUT2D eigenvalue weighted by atomic mass is 31.2. The van der Waals surface area contributed by atoms with E-state index >= 15 is 0 Å². The number of quaternary nitrogens is 2.